The molecular weight excluding hydrogens is 392 g/mol. The summed E-state index contributed by atoms with van der Waals surface area (Å²) in [6.07, 6.45) is 1.81. The first kappa shape index (κ1) is 18.0. The zero-order chi connectivity index (χ0) is 21.3. The highest BCUT2D eigenvalue weighted by Crippen LogP contribution is 2.49. The third kappa shape index (κ3) is 2.51. The zero-order valence-electron chi connectivity index (χ0n) is 16.5. The molecule has 2 aliphatic rings. The first-order valence-electron chi connectivity index (χ1n) is 10.3. The van der Waals surface area contributed by atoms with E-state index in [-0.39, 0.29) is 11.8 Å². The Balaban J connectivity index is 1.62. The van der Waals surface area contributed by atoms with Crippen molar-refractivity contribution in [1.29, 1.82) is 0 Å². The molecule has 2 heterocycles. The maximum Gasteiger partial charge on any atom is 0.336 e. The Morgan fingerprint density at radius 2 is 1.13 bits per heavy atom. The van der Waals surface area contributed by atoms with Crippen LogP contribution < -0.4 is 0 Å². The van der Waals surface area contributed by atoms with E-state index >= 15 is 0 Å². The van der Waals surface area contributed by atoms with Crippen LogP contribution in [0.2, 0.25) is 0 Å². The molecule has 0 fully saturated rings. The summed E-state index contributed by atoms with van der Waals surface area (Å²) in [5.41, 5.74) is 5.09. The van der Waals surface area contributed by atoms with Crippen LogP contribution in [0.3, 0.4) is 0 Å². The van der Waals surface area contributed by atoms with Gasteiger partial charge in [0, 0.05) is 34.0 Å². The number of rotatable bonds is 2. The van der Waals surface area contributed by atoms with Crippen LogP contribution in [0.4, 0.5) is 0 Å². The number of fused-ring (bicyclic) bond motifs is 8. The number of para-hydroxylation sites is 2. The van der Waals surface area contributed by atoms with Crippen molar-refractivity contribution in [2.45, 2.75) is 31.1 Å². The zero-order valence-corrected chi connectivity index (χ0v) is 16.5. The average molecular weight is 410 g/mol. The van der Waals surface area contributed by atoms with Gasteiger partial charge in [-0.1, -0.05) is 36.4 Å². The Labute approximate surface area is 177 Å². The van der Waals surface area contributed by atoms with E-state index in [1.807, 2.05) is 36.4 Å². The molecular formula is C25H18N2O4. The third-order valence-electron chi connectivity index (χ3n) is 6.72. The summed E-state index contributed by atoms with van der Waals surface area (Å²) in [5, 5.41) is 21.4. The van der Waals surface area contributed by atoms with E-state index in [1.54, 1.807) is 12.1 Å². The van der Waals surface area contributed by atoms with Gasteiger partial charge in [0.1, 0.15) is 0 Å². The Kier molecular flexibility index (Phi) is 3.69. The number of benzene rings is 2. The summed E-state index contributed by atoms with van der Waals surface area (Å²) in [7, 11) is 0. The molecule has 2 bridgehead atoms. The molecule has 0 aliphatic heterocycles. The lowest BCUT2D eigenvalue weighted by atomic mass is 9.68. The van der Waals surface area contributed by atoms with Gasteiger partial charge in [-0.3, -0.25) is 9.97 Å². The molecule has 31 heavy (non-hydrogen) atoms. The Hall–Kier alpha value is -3.80. The Bertz CT molecular complexity index is 1330. The second-order valence-electron chi connectivity index (χ2n) is 8.38. The molecule has 0 saturated heterocycles. The van der Waals surface area contributed by atoms with Crippen molar-refractivity contribution in [2.75, 3.05) is 0 Å². The van der Waals surface area contributed by atoms with E-state index in [1.165, 1.54) is 0 Å². The summed E-state index contributed by atoms with van der Waals surface area (Å²) in [4.78, 5) is 34.2. The van der Waals surface area contributed by atoms with Crippen molar-refractivity contribution in [3.8, 4) is 0 Å². The molecule has 152 valence electrons. The summed E-state index contributed by atoms with van der Waals surface area (Å²) in [6, 6.07) is 14.6. The van der Waals surface area contributed by atoms with E-state index in [0.717, 1.165) is 28.9 Å². The minimum Gasteiger partial charge on any atom is -0.478 e. The van der Waals surface area contributed by atoms with Gasteiger partial charge in [-0.25, -0.2) is 9.59 Å². The molecule has 2 unspecified atom stereocenters. The Morgan fingerprint density at radius 1 is 0.710 bits per heavy atom. The molecule has 2 N–H and O–H groups in total. The number of carboxylic acid groups (broad SMARTS) is 2. The quantitative estimate of drug-likeness (QED) is 0.503. The highest BCUT2D eigenvalue weighted by atomic mass is 16.4. The first-order valence-corrected chi connectivity index (χ1v) is 10.3. The van der Waals surface area contributed by atoms with Crippen molar-refractivity contribution in [3.63, 3.8) is 0 Å². The summed E-state index contributed by atoms with van der Waals surface area (Å²) in [6.45, 7) is 0. The molecule has 0 spiro atoms. The fourth-order valence-corrected chi connectivity index (χ4v) is 5.54. The van der Waals surface area contributed by atoms with Crippen LogP contribution >= 0.6 is 0 Å². The van der Waals surface area contributed by atoms with Crippen molar-refractivity contribution in [1.82, 2.24) is 9.97 Å². The maximum absolute atomic E-state index is 12.2. The third-order valence-corrected chi connectivity index (χ3v) is 6.72. The molecule has 2 aliphatic carbocycles. The highest BCUT2D eigenvalue weighted by molar-refractivity contribution is 6.05. The van der Waals surface area contributed by atoms with Gasteiger partial charge in [0.25, 0.3) is 0 Å². The van der Waals surface area contributed by atoms with E-state index in [9.17, 15) is 19.8 Å². The minimum absolute atomic E-state index is 0.0231. The summed E-state index contributed by atoms with van der Waals surface area (Å²) >= 11 is 0. The molecule has 2 aromatic heterocycles. The van der Waals surface area contributed by atoms with Gasteiger partial charge in [0.05, 0.1) is 22.2 Å². The molecule has 4 aromatic rings. The lowest BCUT2D eigenvalue weighted by molar-refractivity contribution is 0.0687. The second-order valence-corrected chi connectivity index (χ2v) is 8.38. The average Bonchev–Trinajstić information content (AvgIpc) is 2.76. The number of pyridine rings is 2. The van der Waals surface area contributed by atoms with Crippen molar-refractivity contribution >= 4 is 33.7 Å². The Morgan fingerprint density at radius 3 is 1.55 bits per heavy atom. The number of carbonyl (C=O) groups is 2. The molecule has 6 heteroatoms. The van der Waals surface area contributed by atoms with Crippen LogP contribution in [0.25, 0.3) is 21.8 Å². The predicted octanol–water partition coefficient (Wildman–Crippen LogP) is 4.55. The van der Waals surface area contributed by atoms with Gasteiger partial charge < -0.3 is 10.2 Å². The predicted molar refractivity (Wildman–Crippen MR) is 115 cm³/mol. The number of hydrogen-bond acceptors (Lipinski definition) is 4. The van der Waals surface area contributed by atoms with Crippen LogP contribution in [0, 0.1) is 0 Å². The molecule has 0 saturated carbocycles. The first-order chi connectivity index (χ1) is 15.0. The highest BCUT2D eigenvalue weighted by Gasteiger charge is 2.40. The number of aromatic nitrogens is 2. The molecule has 0 radical (unpaired) electrons. The summed E-state index contributed by atoms with van der Waals surface area (Å²) in [5.74, 6) is -1.95. The number of nitrogens with zero attached hydrogens (tertiary/aromatic N) is 2. The van der Waals surface area contributed by atoms with Crippen molar-refractivity contribution < 1.29 is 19.8 Å². The monoisotopic (exact) mass is 410 g/mol. The molecule has 0 amide bonds. The number of aromatic carboxylic acids is 2. The largest absolute Gasteiger partial charge is 0.478 e. The maximum atomic E-state index is 12.2. The van der Waals surface area contributed by atoms with Crippen LogP contribution in [0.15, 0.2) is 48.5 Å². The van der Waals surface area contributed by atoms with Gasteiger partial charge >= 0.3 is 11.9 Å². The van der Waals surface area contributed by atoms with Gasteiger partial charge in [0.15, 0.2) is 0 Å². The van der Waals surface area contributed by atoms with Gasteiger partial charge in [-0.15, -0.1) is 0 Å². The van der Waals surface area contributed by atoms with Gasteiger partial charge in [-0.2, -0.15) is 0 Å². The fourth-order valence-electron chi connectivity index (χ4n) is 5.54. The van der Waals surface area contributed by atoms with Crippen molar-refractivity contribution in [3.05, 3.63) is 82.2 Å². The van der Waals surface area contributed by atoms with E-state index in [4.69, 9.17) is 9.97 Å². The van der Waals surface area contributed by atoms with Crippen LogP contribution in [-0.4, -0.2) is 32.1 Å². The van der Waals surface area contributed by atoms with Crippen LogP contribution in [0.5, 0.6) is 0 Å². The SMILES string of the molecule is O=C(O)c1c2c(nc3ccccc13)C1Cc3c(nc4ccccc4c3C(=O)O)C(C2)C1. The minimum atomic E-state index is -0.951. The van der Waals surface area contributed by atoms with E-state index in [0.29, 0.717) is 45.8 Å². The van der Waals surface area contributed by atoms with E-state index in [2.05, 4.69) is 0 Å². The van der Waals surface area contributed by atoms with Crippen molar-refractivity contribution in [2.24, 2.45) is 0 Å². The van der Waals surface area contributed by atoms with Crippen LogP contribution in [-0.2, 0) is 12.8 Å². The number of hydrogen-bond donors (Lipinski definition) is 2. The van der Waals surface area contributed by atoms with Gasteiger partial charge in [-0.05, 0) is 42.5 Å². The van der Waals surface area contributed by atoms with E-state index < -0.39 is 11.9 Å². The fraction of sp³-hybridized carbons (Fsp3) is 0.200. The lowest BCUT2D eigenvalue weighted by Crippen LogP contribution is -2.30. The number of carboxylic acids is 2. The second kappa shape index (κ2) is 6.35. The topological polar surface area (TPSA) is 100 Å². The molecule has 2 atom stereocenters. The molecule has 2 aromatic carbocycles. The van der Waals surface area contributed by atoms with Crippen LogP contribution in [0.1, 0.15) is 61.5 Å². The molecule has 6 rings (SSSR count). The normalized spacial score (nSPS) is 19.1. The lowest BCUT2D eigenvalue weighted by Gasteiger charge is -2.38. The smallest absolute Gasteiger partial charge is 0.336 e. The standard InChI is InChI=1S/C25H18N2O4/c28-24(29)20-14-5-1-3-7-18(14)26-22-13-9-12(10-16(20)22)23-17(11-13)21(25(30)31)15-6-2-4-8-19(15)27-23/h1-8,12-13H,9-11H2,(H,28,29)(H,30,31). The summed E-state index contributed by atoms with van der Waals surface area (Å²) < 4.78 is 0. The van der Waals surface area contributed by atoms with Gasteiger partial charge in [0.2, 0.25) is 0 Å². The molecule has 6 nitrogen and oxygen atoms in total.